The number of unbranched alkanes of at least 4 members (excludes halogenated alkanes) is 2. The lowest BCUT2D eigenvalue weighted by Gasteiger charge is -2.21. The molecule has 2 unspecified atom stereocenters. The van der Waals surface area contributed by atoms with Gasteiger partial charge in [0.2, 0.25) is 5.91 Å². The van der Waals surface area contributed by atoms with Crippen molar-refractivity contribution in [3.63, 3.8) is 0 Å². The van der Waals surface area contributed by atoms with Crippen molar-refractivity contribution >= 4 is 17.8 Å². The summed E-state index contributed by atoms with van der Waals surface area (Å²) in [6.07, 6.45) is 6.18. The molecule has 0 aromatic rings. The quantitative estimate of drug-likeness (QED) is 0.530. The normalized spacial score (nSPS) is 26.0. The highest BCUT2D eigenvalue weighted by molar-refractivity contribution is 6.09. The fourth-order valence-electron chi connectivity index (χ4n) is 3.03. The van der Waals surface area contributed by atoms with E-state index in [0.717, 1.165) is 43.4 Å². The molecule has 0 radical (unpaired) electrons. The fourth-order valence-corrected chi connectivity index (χ4v) is 3.03. The van der Waals surface area contributed by atoms with Gasteiger partial charge in [0.25, 0.3) is 5.91 Å². The van der Waals surface area contributed by atoms with Crippen molar-refractivity contribution in [1.82, 2.24) is 15.5 Å². The molecule has 6 heteroatoms. The first-order chi connectivity index (χ1) is 10.4. The van der Waals surface area contributed by atoms with Gasteiger partial charge in [0, 0.05) is 6.04 Å². The second-order valence-electron chi connectivity index (χ2n) is 6.76. The van der Waals surface area contributed by atoms with Crippen LogP contribution in [-0.4, -0.2) is 40.9 Å². The van der Waals surface area contributed by atoms with E-state index >= 15 is 0 Å². The Bertz CT molecular complexity index is 462. The third-order valence-corrected chi connectivity index (χ3v) is 4.64. The Hall–Kier alpha value is -1.59. The van der Waals surface area contributed by atoms with E-state index in [1.165, 1.54) is 0 Å². The third-order valence-electron chi connectivity index (χ3n) is 4.64. The largest absolute Gasteiger partial charge is 0.352 e. The summed E-state index contributed by atoms with van der Waals surface area (Å²) in [5.41, 5.74) is -0.815. The van der Waals surface area contributed by atoms with E-state index in [4.69, 9.17) is 0 Å². The topological polar surface area (TPSA) is 78.5 Å². The zero-order valence-corrected chi connectivity index (χ0v) is 13.8. The van der Waals surface area contributed by atoms with Gasteiger partial charge in [-0.3, -0.25) is 14.5 Å². The van der Waals surface area contributed by atoms with Gasteiger partial charge in [-0.1, -0.05) is 26.2 Å². The highest BCUT2D eigenvalue weighted by Gasteiger charge is 2.56. The number of carbonyl (C=O) groups is 3. The van der Waals surface area contributed by atoms with Crippen LogP contribution in [0.25, 0.3) is 0 Å². The van der Waals surface area contributed by atoms with Gasteiger partial charge in [0.05, 0.1) is 0 Å². The number of nitrogens with one attached hydrogen (secondary N) is 2. The van der Waals surface area contributed by atoms with Crippen LogP contribution in [0.2, 0.25) is 0 Å². The van der Waals surface area contributed by atoms with Gasteiger partial charge in [-0.05, 0) is 39.0 Å². The molecule has 0 aromatic heterocycles. The predicted octanol–water partition coefficient (Wildman–Crippen LogP) is 1.79. The van der Waals surface area contributed by atoms with Crippen molar-refractivity contribution in [3.05, 3.63) is 0 Å². The third kappa shape index (κ3) is 3.59. The molecule has 0 bridgehead atoms. The number of imide groups is 1. The number of hydrogen-bond donors (Lipinski definition) is 2. The van der Waals surface area contributed by atoms with E-state index in [-0.39, 0.29) is 30.3 Å². The summed E-state index contributed by atoms with van der Waals surface area (Å²) in [7, 11) is 0. The summed E-state index contributed by atoms with van der Waals surface area (Å²) >= 11 is 0. The monoisotopic (exact) mass is 309 g/mol. The average molecular weight is 309 g/mol. The van der Waals surface area contributed by atoms with Crippen LogP contribution in [0.3, 0.4) is 0 Å². The van der Waals surface area contributed by atoms with Crippen molar-refractivity contribution in [2.45, 2.75) is 70.9 Å². The Kier molecular flexibility index (Phi) is 5.08. The molecule has 4 amide bonds. The van der Waals surface area contributed by atoms with Gasteiger partial charge in [0.15, 0.2) is 0 Å². The maximum absolute atomic E-state index is 12.4. The first kappa shape index (κ1) is 16.8. The van der Waals surface area contributed by atoms with Crippen LogP contribution in [0.1, 0.15) is 59.3 Å². The van der Waals surface area contributed by atoms with Gasteiger partial charge < -0.3 is 10.6 Å². The number of hydrogen-bond acceptors (Lipinski definition) is 3. The molecule has 2 N–H and O–H groups in total. The summed E-state index contributed by atoms with van der Waals surface area (Å²) in [4.78, 5) is 37.5. The number of nitrogens with zero attached hydrogens (tertiary/aromatic N) is 1. The lowest BCUT2D eigenvalue weighted by atomic mass is 9.96. The van der Waals surface area contributed by atoms with E-state index in [9.17, 15) is 14.4 Å². The molecule has 22 heavy (non-hydrogen) atoms. The maximum Gasteiger partial charge on any atom is 0.325 e. The van der Waals surface area contributed by atoms with Crippen molar-refractivity contribution in [3.8, 4) is 0 Å². The molecule has 2 rings (SSSR count). The fraction of sp³-hybridized carbons (Fsp3) is 0.812. The first-order valence-corrected chi connectivity index (χ1v) is 8.32. The van der Waals surface area contributed by atoms with E-state index in [1.807, 2.05) is 6.92 Å². The number of carbonyl (C=O) groups excluding carboxylic acids is 3. The van der Waals surface area contributed by atoms with Crippen LogP contribution in [0, 0.1) is 5.92 Å². The summed E-state index contributed by atoms with van der Waals surface area (Å²) in [6, 6.07) is -0.386. The predicted molar refractivity (Wildman–Crippen MR) is 83.1 cm³/mol. The summed E-state index contributed by atoms with van der Waals surface area (Å²) in [5, 5.41) is 5.62. The number of urea groups is 1. The zero-order valence-electron chi connectivity index (χ0n) is 13.8. The molecule has 0 spiro atoms. The Morgan fingerprint density at radius 3 is 2.68 bits per heavy atom. The van der Waals surface area contributed by atoms with Crippen LogP contribution < -0.4 is 10.6 Å². The summed E-state index contributed by atoms with van der Waals surface area (Å²) in [6.45, 7) is 5.66. The molecule has 0 aromatic carbocycles. The minimum absolute atomic E-state index is 0.0645. The Morgan fingerprint density at radius 2 is 2.09 bits per heavy atom. The molecule has 1 heterocycles. The first-order valence-electron chi connectivity index (χ1n) is 8.32. The minimum Gasteiger partial charge on any atom is -0.352 e. The lowest BCUT2D eigenvalue weighted by Crippen LogP contribution is -2.47. The minimum atomic E-state index is -0.815. The highest BCUT2D eigenvalue weighted by atomic mass is 16.2. The van der Waals surface area contributed by atoms with Crippen LogP contribution in [0.4, 0.5) is 4.79 Å². The molecule has 1 aliphatic carbocycles. The Labute approximate surface area is 132 Å². The summed E-state index contributed by atoms with van der Waals surface area (Å²) < 4.78 is 0. The molecule has 124 valence electrons. The molecule has 1 saturated heterocycles. The van der Waals surface area contributed by atoms with Crippen LogP contribution in [0.15, 0.2) is 0 Å². The standard InChI is InChI=1S/C16H27N3O3/c1-4-5-6-7-11(2)17-13(20)10-19-14(21)16(3,12-8-9-12)18-15(19)22/h11-12H,4-10H2,1-3H3,(H,17,20)(H,18,22). The van der Waals surface area contributed by atoms with Gasteiger partial charge in [-0.15, -0.1) is 0 Å². The lowest BCUT2D eigenvalue weighted by molar-refractivity contribution is -0.135. The van der Waals surface area contributed by atoms with Crippen LogP contribution in [0.5, 0.6) is 0 Å². The number of rotatable bonds is 8. The molecular weight excluding hydrogens is 282 g/mol. The number of amides is 4. The van der Waals surface area contributed by atoms with Crippen molar-refractivity contribution in [2.75, 3.05) is 6.54 Å². The molecular formula is C16H27N3O3. The second-order valence-corrected chi connectivity index (χ2v) is 6.76. The van der Waals surface area contributed by atoms with Crippen LogP contribution >= 0.6 is 0 Å². The van der Waals surface area contributed by atoms with E-state index in [2.05, 4.69) is 17.6 Å². The Balaban J connectivity index is 1.83. The molecule has 1 saturated carbocycles. The average Bonchev–Trinajstić information content (AvgIpc) is 3.25. The summed E-state index contributed by atoms with van der Waals surface area (Å²) in [5.74, 6) is -0.327. The highest BCUT2D eigenvalue weighted by Crippen LogP contribution is 2.42. The van der Waals surface area contributed by atoms with Gasteiger partial charge in [0.1, 0.15) is 12.1 Å². The Morgan fingerprint density at radius 1 is 1.41 bits per heavy atom. The molecule has 1 aliphatic heterocycles. The van der Waals surface area contributed by atoms with Crippen molar-refractivity contribution < 1.29 is 14.4 Å². The van der Waals surface area contributed by atoms with E-state index in [1.54, 1.807) is 6.92 Å². The molecule has 2 fully saturated rings. The van der Waals surface area contributed by atoms with Gasteiger partial charge >= 0.3 is 6.03 Å². The second kappa shape index (κ2) is 6.67. The molecule has 2 aliphatic rings. The molecule has 6 nitrogen and oxygen atoms in total. The van der Waals surface area contributed by atoms with Gasteiger partial charge in [-0.25, -0.2) is 4.79 Å². The van der Waals surface area contributed by atoms with E-state index < -0.39 is 11.6 Å². The molecule has 2 atom stereocenters. The smallest absolute Gasteiger partial charge is 0.325 e. The van der Waals surface area contributed by atoms with Crippen LogP contribution in [-0.2, 0) is 9.59 Å². The van der Waals surface area contributed by atoms with Gasteiger partial charge in [-0.2, -0.15) is 0 Å². The zero-order chi connectivity index (χ0) is 16.3. The van der Waals surface area contributed by atoms with Crippen molar-refractivity contribution in [2.24, 2.45) is 5.92 Å². The van der Waals surface area contributed by atoms with Crippen molar-refractivity contribution in [1.29, 1.82) is 0 Å². The maximum atomic E-state index is 12.4. The SMILES string of the molecule is CCCCCC(C)NC(=O)CN1C(=O)NC(C)(C2CC2)C1=O. The van der Waals surface area contributed by atoms with E-state index in [0.29, 0.717) is 0 Å².